The van der Waals surface area contributed by atoms with E-state index in [1.165, 1.54) is 9.35 Å². The molecule has 110 valence electrons. The summed E-state index contributed by atoms with van der Waals surface area (Å²) in [6, 6.07) is 2.57. The van der Waals surface area contributed by atoms with Crippen molar-refractivity contribution in [3.63, 3.8) is 0 Å². The summed E-state index contributed by atoms with van der Waals surface area (Å²) in [7, 11) is 1.82. The maximum absolute atomic E-state index is 5.78. The van der Waals surface area contributed by atoms with E-state index in [2.05, 4.69) is 60.4 Å². The highest BCUT2D eigenvalue weighted by atomic mass is 79.9. The van der Waals surface area contributed by atoms with Crippen molar-refractivity contribution in [1.82, 2.24) is 5.32 Å². The van der Waals surface area contributed by atoms with E-state index in [9.17, 15) is 0 Å². The minimum absolute atomic E-state index is 0.134. The first-order chi connectivity index (χ1) is 8.88. The zero-order valence-electron chi connectivity index (χ0n) is 12.6. The number of halogens is 1. The molecule has 0 fully saturated rings. The summed E-state index contributed by atoms with van der Waals surface area (Å²) in [5.41, 5.74) is 0.134. The Bertz CT molecular complexity index is 372. The van der Waals surface area contributed by atoms with Gasteiger partial charge in [0.1, 0.15) is 0 Å². The standard InChI is InChI=1S/C15H26BrNOS/c1-6-7-17-13(14(18-5)15(2,3)4)9-12-8-11(16)10-19-12/h8,10,13-14,17H,6-7,9H2,1-5H3. The van der Waals surface area contributed by atoms with Gasteiger partial charge >= 0.3 is 0 Å². The fourth-order valence-corrected chi connectivity index (χ4v) is 3.93. The Kier molecular flexibility index (Phi) is 7.01. The van der Waals surface area contributed by atoms with Crippen molar-refractivity contribution >= 4 is 27.3 Å². The Labute approximate surface area is 130 Å². The molecule has 0 saturated heterocycles. The number of methoxy groups -OCH3 is 1. The van der Waals surface area contributed by atoms with Gasteiger partial charge in [-0.1, -0.05) is 27.7 Å². The molecule has 1 aromatic rings. The van der Waals surface area contributed by atoms with Crippen LogP contribution in [-0.2, 0) is 11.2 Å². The van der Waals surface area contributed by atoms with Crippen LogP contribution in [0.5, 0.6) is 0 Å². The summed E-state index contributed by atoms with van der Waals surface area (Å²) in [6.07, 6.45) is 2.37. The van der Waals surface area contributed by atoms with E-state index < -0.39 is 0 Å². The van der Waals surface area contributed by atoms with Crippen LogP contribution in [-0.4, -0.2) is 25.8 Å². The third-order valence-electron chi connectivity index (χ3n) is 3.17. The molecular formula is C15H26BrNOS. The molecule has 0 aromatic carbocycles. The lowest BCUT2D eigenvalue weighted by atomic mass is 9.83. The van der Waals surface area contributed by atoms with Gasteiger partial charge in [-0.3, -0.25) is 0 Å². The Morgan fingerprint density at radius 3 is 2.53 bits per heavy atom. The van der Waals surface area contributed by atoms with Crippen LogP contribution in [0.1, 0.15) is 39.0 Å². The van der Waals surface area contributed by atoms with Gasteiger partial charge in [-0.15, -0.1) is 11.3 Å². The van der Waals surface area contributed by atoms with Gasteiger partial charge in [0.2, 0.25) is 0 Å². The average Bonchev–Trinajstić information content (AvgIpc) is 2.70. The molecule has 4 heteroatoms. The fourth-order valence-electron chi connectivity index (χ4n) is 2.41. The topological polar surface area (TPSA) is 21.3 Å². The van der Waals surface area contributed by atoms with Gasteiger partial charge in [0, 0.05) is 27.9 Å². The van der Waals surface area contributed by atoms with Crippen molar-refractivity contribution in [1.29, 1.82) is 0 Å². The minimum Gasteiger partial charge on any atom is -0.379 e. The van der Waals surface area contributed by atoms with Gasteiger partial charge < -0.3 is 10.1 Å². The van der Waals surface area contributed by atoms with Crippen LogP contribution in [0.2, 0.25) is 0 Å². The SMILES string of the molecule is CCCNC(Cc1cc(Br)cs1)C(OC)C(C)(C)C. The third kappa shape index (κ3) is 5.54. The highest BCUT2D eigenvalue weighted by molar-refractivity contribution is 9.10. The van der Waals surface area contributed by atoms with Crippen molar-refractivity contribution in [2.24, 2.45) is 5.41 Å². The molecule has 2 unspecified atom stereocenters. The normalized spacial score (nSPS) is 15.5. The molecule has 0 spiro atoms. The second-order valence-electron chi connectivity index (χ2n) is 6.02. The van der Waals surface area contributed by atoms with Crippen LogP contribution in [0.3, 0.4) is 0 Å². The maximum atomic E-state index is 5.78. The van der Waals surface area contributed by atoms with Gasteiger partial charge in [0.05, 0.1) is 6.10 Å². The maximum Gasteiger partial charge on any atom is 0.0775 e. The summed E-state index contributed by atoms with van der Waals surface area (Å²) < 4.78 is 6.96. The number of thiophene rings is 1. The first kappa shape index (κ1) is 17.2. The highest BCUT2D eigenvalue weighted by Crippen LogP contribution is 2.28. The van der Waals surface area contributed by atoms with Gasteiger partial charge in [-0.2, -0.15) is 0 Å². The molecule has 1 rings (SSSR count). The molecular weight excluding hydrogens is 322 g/mol. The summed E-state index contributed by atoms with van der Waals surface area (Å²) in [4.78, 5) is 1.40. The zero-order chi connectivity index (χ0) is 14.5. The Morgan fingerprint density at radius 2 is 2.11 bits per heavy atom. The quantitative estimate of drug-likeness (QED) is 0.784. The number of rotatable bonds is 7. The van der Waals surface area contributed by atoms with E-state index in [4.69, 9.17) is 4.74 Å². The lowest BCUT2D eigenvalue weighted by molar-refractivity contribution is -0.0107. The van der Waals surface area contributed by atoms with Crippen LogP contribution < -0.4 is 5.32 Å². The van der Waals surface area contributed by atoms with Crippen LogP contribution in [0.25, 0.3) is 0 Å². The second-order valence-corrected chi connectivity index (χ2v) is 7.93. The van der Waals surface area contributed by atoms with Crippen molar-refractivity contribution in [2.75, 3.05) is 13.7 Å². The van der Waals surface area contributed by atoms with E-state index in [0.717, 1.165) is 19.4 Å². The lowest BCUT2D eigenvalue weighted by Crippen LogP contribution is -2.49. The molecule has 1 heterocycles. The van der Waals surface area contributed by atoms with E-state index >= 15 is 0 Å². The zero-order valence-corrected chi connectivity index (χ0v) is 15.0. The molecule has 1 N–H and O–H groups in total. The van der Waals surface area contributed by atoms with Crippen LogP contribution in [0.15, 0.2) is 15.9 Å². The van der Waals surface area contributed by atoms with E-state index in [-0.39, 0.29) is 11.5 Å². The largest absolute Gasteiger partial charge is 0.379 e. The number of ether oxygens (including phenoxy) is 1. The van der Waals surface area contributed by atoms with Gasteiger partial charge in [-0.25, -0.2) is 0 Å². The van der Waals surface area contributed by atoms with Gasteiger partial charge in [0.25, 0.3) is 0 Å². The van der Waals surface area contributed by atoms with E-state index in [0.29, 0.717) is 6.04 Å². The summed E-state index contributed by atoms with van der Waals surface area (Å²) in [5, 5.41) is 5.80. The molecule has 1 aromatic heterocycles. The highest BCUT2D eigenvalue weighted by Gasteiger charge is 2.32. The van der Waals surface area contributed by atoms with Gasteiger partial charge in [0.15, 0.2) is 0 Å². The Morgan fingerprint density at radius 1 is 1.42 bits per heavy atom. The van der Waals surface area contributed by atoms with Crippen molar-refractivity contribution in [3.8, 4) is 0 Å². The van der Waals surface area contributed by atoms with E-state index in [1.807, 2.05) is 18.4 Å². The molecule has 0 aliphatic carbocycles. The molecule has 2 atom stereocenters. The first-order valence-electron chi connectivity index (χ1n) is 6.87. The lowest BCUT2D eigenvalue weighted by Gasteiger charge is -2.36. The number of hydrogen-bond donors (Lipinski definition) is 1. The minimum atomic E-state index is 0.134. The average molecular weight is 348 g/mol. The number of nitrogens with one attached hydrogen (secondary N) is 1. The van der Waals surface area contributed by atoms with Crippen LogP contribution in [0.4, 0.5) is 0 Å². The number of hydrogen-bond acceptors (Lipinski definition) is 3. The molecule has 0 saturated carbocycles. The summed E-state index contributed by atoms with van der Waals surface area (Å²) in [5.74, 6) is 0. The first-order valence-corrected chi connectivity index (χ1v) is 8.54. The van der Waals surface area contributed by atoms with Crippen LogP contribution in [0, 0.1) is 5.41 Å². The molecule has 0 aliphatic heterocycles. The van der Waals surface area contributed by atoms with Crippen molar-refractivity contribution < 1.29 is 4.74 Å². The van der Waals surface area contributed by atoms with Crippen molar-refractivity contribution in [3.05, 3.63) is 20.8 Å². The van der Waals surface area contributed by atoms with E-state index in [1.54, 1.807) is 0 Å². The molecule has 2 nitrogen and oxygen atoms in total. The molecule has 0 bridgehead atoms. The van der Waals surface area contributed by atoms with Gasteiger partial charge in [-0.05, 0) is 46.8 Å². The predicted molar refractivity (Wildman–Crippen MR) is 88.1 cm³/mol. The molecule has 0 aliphatic rings. The van der Waals surface area contributed by atoms with Crippen LogP contribution >= 0.6 is 27.3 Å². The summed E-state index contributed by atoms with van der Waals surface area (Å²) in [6.45, 7) is 9.96. The Hall–Kier alpha value is 0.1000. The molecule has 0 radical (unpaired) electrons. The molecule has 0 amide bonds. The third-order valence-corrected chi connectivity index (χ3v) is 4.89. The Balaban J connectivity index is 2.80. The smallest absolute Gasteiger partial charge is 0.0775 e. The summed E-state index contributed by atoms with van der Waals surface area (Å²) >= 11 is 5.33. The van der Waals surface area contributed by atoms with Crippen molar-refractivity contribution in [2.45, 2.75) is 52.7 Å². The molecule has 19 heavy (non-hydrogen) atoms. The predicted octanol–water partition coefficient (Wildman–Crippen LogP) is 4.48. The fraction of sp³-hybridized carbons (Fsp3) is 0.733. The monoisotopic (exact) mass is 347 g/mol. The second kappa shape index (κ2) is 7.77.